The summed E-state index contributed by atoms with van der Waals surface area (Å²) in [6.45, 7) is 5.98. The van der Waals surface area contributed by atoms with Gasteiger partial charge < -0.3 is 29.6 Å². The summed E-state index contributed by atoms with van der Waals surface area (Å²) >= 11 is 0. The van der Waals surface area contributed by atoms with Crippen LogP contribution in [0.25, 0.3) is 22.5 Å². The molecule has 2 amide bonds. The Balaban J connectivity index is 0.000000250. The Labute approximate surface area is 301 Å². The number of carboxylic acids is 2. The van der Waals surface area contributed by atoms with Crippen molar-refractivity contribution < 1.29 is 67.1 Å². The number of hydrogen-bond acceptors (Lipinski definition) is 10. The Hall–Kier alpha value is -4.21. The van der Waals surface area contributed by atoms with E-state index in [-0.39, 0.29) is 72.7 Å². The first-order chi connectivity index (χ1) is 22.1. The molecule has 2 aliphatic heterocycles. The van der Waals surface area contributed by atoms with Crippen LogP contribution in [0.2, 0.25) is 0 Å². The normalized spacial score (nSPS) is 15.0. The molecule has 2 aliphatic rings. The minimum Gasteiger partial charge on any atom is -0.545 e. The van der Waals surface area contributed by atoms with E-state index in [1.165, 1.54) is 12.4 Å². The SMILES string of the molecule is CC(=O)N1CCC(n2nccc2-c2cncc(C(=O)[O-])c2)CC1.CC(=O)N1CCC(n2nccc2-c2cncc(C(=O)[O-])c2)CC1.[Li+].[Li+]. The molecule has 4 aromatic rings. The van der Waals surface area contributed by atoms with Gasteiger partial charge >= 0.3 is 37.7 Å². The summed E-state index contributed by atoms with van der Waals surface area (Å²) in [5.74, 6) is -2.31. The van der Waals surface area contributed by atoms with E-state index in [4.69, 9.17) is 0 Å². The minimum atomic E-state index is -1.25. The first kappa shape index (κ1) is 38.2. The molecule has 0 bridgehead atoms. The number of pyridine rings is 2. The quantitative estimate of drug-likeness (QED) is 0.185. The van der Waals surface area contributed by atoms with Gasteiger partial charge in [-0.15, -0.1) is 0 Å². The van der Waals surface area contributed by atoms with E-state index in [0.29, 0.717) is 37.3 Å². The average molecular weight is 641 g/mol. The summed E-state index contributed by atoms with van der Waals surface area (Å²) in [4.78, 5) is 56.4. The maximum absolute atomic E-state index is 11.4. The zero-order valence-corrected chi connectivity index (χ0v) is 27.6. The van der Waals surface area contributed by atoms with E-state index in [1.54, 1.807) is 50.8 Å². The number of piperidine rings is 2. The number of amides is 2. The van der Waals surface area contributed by atoms with Crippen LogP contribution in [-0.2, 0) is 9.59 Å². The third-order valence-electron chi connectivity index (χ3n) is 8.39. The Morgan fingerprint density at radius 3 is 1.29 bits per heavy atom. The van der Waals surface area contributed by atoms with Gasteiger partial charge in [-0.3, -0.25) is 28.9 Å². The summed E-state index contributed by atoms with van der Waals surface area (Å²) in [6, 6.07) is 7.13. The van der Waals surface area contributed by atoms with Gasteiger partial charge in [-0.05, 0) is 49.9 Å². The van der Waals surface area contributed by atoms with Gasteiger partial charge in [0, 0.05) is 99.5 Å². The van der Waals surface area contributed by atoms with E-state index in [2.05, 4.69) is 20.2 Å². The number of hydrogen-bond donors (Lipinski definition) is 0. The van der Waals surface area contributed by atoms with E-state index in [1.807, 2.05) is 31.3 Å². The molecule has 0 N–H and O–H groups in total. The fourth-order valence-corrected chi connectivity index (χ4v) is 5.90. The van der Waals surface area contributed by atoms with Gasteiger partial charge in [0.25, 0.3) is 0 Å². The summed E-state index contributed by atoms with van der Waals surface area (Å²) in [5.41, 5.74) is 3.11. The second kappa shape index (κ2) is 17.3. The number of carbonyl (C=O) groups is 4. The number of carboxylic acid groups (broad SMARTS) is 2. The maximum atomic E-state index is 11.4. The standard InChI is InChI=1S/2C16H18N4O3.2Li/c2*1-11(21)19-6-3-14(4-7-19)20-15(2-5-18-20)12-8-13(16(22)23)10-17-9-12;;/h2*2,5,8-10,14H,3-4,6-7H2,1H3,(H,22,23);;/q;;2*+1/p-2. The fourth-order valence-electron chi connectivity index (χ4n) is 5.90. The van der Waals surface area contributed by atoms with Crippen LogP contribution in [0.4, 0.5) is 0 Å². The monoisotopic (exact) mass is 640 g/mol. The molecular weight excluding hydrogens is 606 g/mol. The van der Waals surface area contributed by atoms with E-state index >= 15 is 0 Å². The van der Waals surface area contributed by atoms with Gasteiger partial charge in [0.2, 0.25) is 11.8 Å². The molecule has 48 heavy (non-hydrogen) atoms. The molecule has 14 nitrogen and oxygen atoms in total. The number of carbonyl (C=O) groups excluding carboxylic acids is 4. The van der Waals surface area contributed by atoms with Crippen molar-refractivity contribution in [2.45, 2.75) is 51.6 Å². The van der Waals surface area contributed by atoms with Gasteiger partial charge in [-0.2, -0.15) is 10.2 Å². The molecule has 0 radical (unpaired) electrons. The zero-order chi connectivity index (χ0) is 32.8. The predicted octanol–water partition coefficient (Wildman–Crippen LogP) is -5.01. The Kier molecular flexibility index (Phi) is 13.8. The maximum Gasteiger partial charge on any atom is 1.00 e. The largest absolute Gasteiger partial charge is 1.00 e. The summed E-state index contributed by atoms with van der Waals surface area (Å²) < 4.78 is 3.79. The van der Waals surface area contributed by atoms with Crippen LogP contribution in [-0.4, -0.2) is 89.3 Å². The molecular formula is C32H34Li2N8O6. The van der Waals surface area contributed by atoms with Crippen LogP contribution in [0.3, 0.4) is 0 Å². The number of nitrogens with zero attached hydrogens (tertiary/aromatic N) is 8. The fraction of sp³-hybridized carbons (Fsp3) is 0.375. The number of likely N-dealkylation sites (tertiary alicyclic amines) is 2. The Morgan fingerprint density at radius 2 is 0.979 bits per heavy atom. The molecule has 0 saturated carbocycles. The van der Waals surface area contributed by atoms with Gasteiger partial charge in [-0.25, -0.2) is 0 Å². The van der Waals surface area contributed by atoms with Gasteiger partial charge in [0.1, 0.15) is 0 Å². The van der Waals surface area contributed by atoms with Crippen molar-refractivity contribution in [1.29, 1.82) is 0 Å². The van der Waals surface area contributed by atoms with Crippen LogP contribution in [0, 0.1) is 0 Å². The molecule has 0 unspecified atom stereocenters. The summed E-state index contributed by atoms with van der Waals surface area (Å²) in [7, 11) is 0. The van der Waals surface area contributed by atoms with E-state index < -0.39 is 11.9 Å². The first-order valence-electron chi connectivity index (χ1n) is 15.0. The minimum absolute atomic E-state index is 0. The van der Waals surface area contributed by atoms with E-state index in [0.717, 1.165) is 37.1 Å². The zero-order valence-electron chi connectivity index (χ0n) is 27.6. The summed E-state index contributed by atoms with van der Waals surface area (Å²) in [5, 5.41) is 30.8. The van der Waals surface area contributed by atoms with Crippen LogP contribution in [0.5, 0.6) is 0 Å². The first-order valence-corrected chi connectivity index (χ1v) is 15.0. The van der Waals surface area contributed by atoms with Crippen molar-refractivity contribution in [2.75, 3.05) is 26.2 Å². The molecule has 2 fully saturated rings. The number of rotatable bonds is 6. The number of aromatic nitrogens is 6. The van der Waals surface area contributed by atoms with Crippen LogP contribution < -0.4 is 47.9 Å². The smallest absolute Gasteiger partial charge is 0.545 e. The van der Waals surface area contributed by atoms with Crippen molar-refractivity contribution in [3.05, 3.63) is 72.6 Å². The van der Waals surface area contributed by atoms with Crippen molar-refractivity contribution in [3.8, 4) is 22.5 Å². The second-order valence-electron chi connectivity index (χ2n) is 11.3. The average Bonchev–Trinajstić information content (AvgIpc) is 3.76. The molecule has 2 saturated heterocycles. The molecule has 4 aromatic heterocycles. The third-order valence-corrected chi connectivity index (χ3v) is 8.39. The Morgan fingerprint density at radius 1 is 0.625 bits per heavy atom. The molecule has 240 valence electrons. The predicted molar refractivity (Wildman–Crippen MR) is 161 cm³/mol. The second-order valence-corrected chi connectivity index (χ2v) is 11.3. The van der Waals surface area contributed by atoms with Crippen LogP contribution >= 0.6 is 0 Å². The molecule has 16 heteroatoms. The molecule has 6 heterocycles. The van der Waals surface area contributed by atoms with Crippen LogP contribution in [0.15, 0.2) is 61.4 Å². The van der Waals surface area contributed by atoms with E-state index in [9.17, 15) is 29.4 Å². The third kappa shape index (κ3) is 9.02. The molecule has 0 aliphatic carbocycles. The summed E-state index contributed by atoms with van der Waals surface area (Å²) in [6.07, 6.45) is 12.4. The Bertz CT molecular complexity index is 1600. The number of aromatic carboxylic acids is 2. The van der Waals surface area contributed by atoms with Crippen molar-refractivity contribution in [1.82, 2.24) is 39.3 Å². The van der Waals surface area contributed by atoms with Crippen molar-refractivity contribution in [2.24, 2.45) is 0 Å². The topological polar surface area (TPSA) is 182 Å². The van der Waals surface area contributed by atoms with Gasteiger partial charge in [-0.1, -0.05) is 0 Å². The van der Waals surface area contributed by atoms with Gasteiger partial charge in [0.15, 0.2) is 0 Å². The van der Waals surface area contributed by atoms with Crippen LogP contribution in [0.1, 0.15) is 72.3 Å². The van der Waals surface area contributed by atoms with Crippen molar-refractivity contribution >= 4 is 23.8 Å². The molecule has 0 atom stereocenters. The van der Waals surface area contributed by atoms with Crippen molar-refractivity contribution in [3.63, 3.8) is 0 Å². The molecule has 0 aromatic carbocycles. The van der Waals surface area contributed by atoms with Gasteiger partial charge in [0.05, 0.1) is 35.4 Å². The molecule has 6 rings (SSSR count). The molecule has 0 spiro atoms.